The average Bonchev–Trinajstić information content (AvgIpc) is 3.39. The molecule has 0 atom stereocenters. The van der Waals surface area contributed by atoms with E-state index in [9.17, 15) is 0 Å². The minimum absolute atomic E-state index is 0.901. The Balaban J connectivity index is 1.51. The van der Waals surface area contributed by atoms with E-state index < -0.39 is 0 Å². The number of aryl methyl sites for hydroxylation is 2. The normalized spacial score (nSPS) is 10.9. The van der Waals surface area contributed by atoms with E-state index in [0.717, 1.165) is 46.4 Å². The molecule has 0 spiro atoms. The fourth-order valence-electron chi connectivity index (χ4n) is 3.39. The summed E-state index contributed by atoms with van der Waals surface area (Å²) in [5.41, 5.74) is 7.71. The Morgan fingerprint density at radius 1 is 1.10 bits per heavy atom. The van der Waals surface area contributed by atoms with Crippen molar-refractivity contribution in [2.45, 2.75) is 27.2 Å². The van der Waals surface area contributed by atoms with Gasteiger partial charge in [-0.2, -0.15) is 0 Å². The van der Waals surface area contributed by atoms with Crippen LogP contribution in [0.5, 0.6) is 0 Å². The van der Waals surface area contributed by atoms with Crippen molar-refractivity contribution in [2.24, 2.45) is 0 Å². The number of hydrogen-bond acceptors (Lipinski definition) is 5. The van der Waals surface area contributed by atoms with Gasteiger partial charge in [0.1, 0.15) is 0 Å². The van der Waals surface area contributed by atoms with E-state index in [1.165, 1.54) is 11.3 Å². The largest absolute Gasteiger partial charge is 0.375 e. The fraction of sp³-hybridized carbons (Fsp3) is 0.250. The molecule has 0 unspecified atom stereocenters. The second kappa shape index (κ2) is 8.71. The van der Waals surface area contributed by atoms with Crippen molar-refractivity contribution in [3.8, 4) is 16.9 Å². The van der Waals surface area contributed by atoms with Crippen LogP contribution in [0.25, 0.3) is 16.9 Å². The number of hydrogen-bond donors (Lipinski definition) is 1. The zero-order valence-electron chi connectivity index (χ0n) is 17.9. The van der Waals surface area contributed by atoms with Crippen LogP contribution in [0.1, 0.15) is 24.6 Å². The summed E-state index contributed by atoms with van der Waals surface area (Å²) in [5.74, 6) is 0. The van der Waals surface area contributed by atoms with Crippen LogP contribution in [0.3, 0.4) is 0 Å². The SMILES string of the molecule is CCCN(C)c1ccc(C)c(Nc2nc(-c3ccc(-n4cnc(C)c4)cc3)cs2)c1. The minimum Gasteiger partial charge on any atom is -0.375 e. The predicted molar refractivity (Wildman–Crippen MR) is 127 cm³/mol. The van der Waals surface area contributed by atoms with Gasteiger partial charge in [0, 0.05) is 47.8 Å². The Morgan fingerprint density at radius 2 is 1.90 bits per heavy atom. The molecule has 2 heterocycles. The molecule has 0 aliphatic carbocycles. The lowest BCUT2D eigenvalue weighted by molar-refractivity contribution is 0.852. The zero-order chi connectivity index (χ0) is 21.1. The van der Waals surface area contributed by atoms with Crippen molar-refractivity contribution in [2.75, 3.05) is 23.8 Å². The molecule has 0 aliphatic heterocycles. The lowest BCUT2D eigenvalue weighted by Gasteiger charge is -2.20. The van der Waals surface area contributed by atoms with Gasteiger partial charge >= 0.3 is 0 Å². The van der Waals surface area contributed by atoms with Crippen molar-refractivity contribution in [3.05, 3.63) is 71.6 Å². The van der Waals surface area contributed by atoms with Gasteiger partial charge in [0.05, 0.1) is 17.7 Å². The number of rotatable bonds is 7. The van der Waals surface area contributed by atoms with Gasteiger partial charge in [0.25, 0.3) is 0 Å². The Bertz CT molecular complexity index is 1130. The predicted octanol–water partition coefficient (Wildman–Crippen LogP) is 6.20. The average molecular weight is 418 g/mol. The number of nitrogens with one attached hydrogen (secondary N) is 1. The summed E-state index contributed by atoms with van der Waals surface area (Å²) in [6.07, 6.45) is 4.99. The smallest absolute Gasteiger partial charge is 0.187 e. The van der Waals surface area contributed by atoms with Gasteiger partial charge < -0.3 is 14.8 Å². The zero-order valence-corrected chi connectivity index (χ0v) is 18.7. The van der Waals surface area contributed by atoms with Crippen LogP contribution in [0.15, 0.2) is 60.4 Å². The molecule has 30 heavy (non-hydrogen) atoms. The molecule has 2 aromatic carbocycles. The van der Waals surface area contributed by atoms with E-state index in [1.54, 1.807) is 11.3 Å². The lowest BCUT2D eigenvalue weighted by atomic mass is 10.1. The quantitative estimate of drug-likeness (QED) is 0.389. The van der Waals surface area contributed by atoms with E-state index in [-0.39, 0.29) is 0 Å². The Morgan fingerprint density at radius 3 is 2.60 bits per heavy atom. The van der Waals surface area contributed by atoms with Crippen LogP contribution in [0.2, 0.25) is 0 Å². The van der Waals surface area contributed by atoms with Crippen molar-refractivity contribution >= 4 is 27.8 Å². The second-order valence-corrected chi connectivity index (χ2v) is 8.41. The molecule has 0 saturated heterocycles. The molecule has 2 aromatic heterocycles. The van der Waals surface area contributed by atoms with Gasteiger partial charge in [-0.05, 0) is 50.1 Å². The van der Waals surface area contributed by atoms with Crippen LogP contribution in [0, 0.1) is 13.8 Å². The van der Waals surface area contributed by atoms with Crippen LogP contribution >= 0.6 is 11.3 Å². The Kier molecular flexibility index (Phi) is 5.86. The highest BCUT2D eigenvalue weighted by atomic mass is 32.1. The van der Waals surface area contributed by atoms with E-state index in [1.807, 2.05) is 24.0 Å². The maximum absolute atomic E-state index is 4.81. The fourth-order valence-corrected chi connectivity index (χ4v) is 4.12. The number of imidazole rings is 1. The van der Waals surface area contributed by atoms with Crippen LogP contribution in [-0.4, -0.2) is 28.1 Å². The molecule has 0 radical (unpaired) electrons. The number of nitrogens with zero attached hydrogens (tertiary/aromatic N) is 4. The molecule has 4 rings (SSSR count). The summed E-state index contributed by atoms with van der Waals surface area (Å²) >= 11 is 1.63. The third kappa shape index (κ3) is 4.39. The first-order chi connectivity index (χ1) is 14.5. The molecule has 1 N–H and O–H groups in total. The molecule has 0 bridgehead atoms. The summed E-state index contributed by atoms with van der Waals surface area (Å²) in [6, 6.07) is 14.9. The van der Waals surface area contributed by atoms with Crippen LogP contribution in [-0.2, 0) is 0 Å². The molecule has 5 nitrogen and oxygen atoms in total. The molecular formula is C24H27N5S. The maximum atomic E-state index is 4.81. The molecule has 4 aromatic rings. The molecular weight excluding hydrogens is 390 g/mol. The molecule has 6 heteroatoms. The number of aromatic nitrogens is 3. The molecule has 0 aliphatic rings. The van der Waals surface area contributed by atoms with E-state index in [4.69, 9.17) is 4.98 Å². The second-order valence-electron chi connectivity index (χ2n) is 7.55. The van der Waals surface area contributed by atoms with E-state index >= 15 is 0 Å². The molecule has 0 amide bonds. The summed E-state index contributed by atoms with van der Waals surface area (Å²) in [6.45, 7) is 7.35. The van der Waals surface area contributed by atoms with Gasteiger partial charge in [-0.1, -0.05) is 25.1 Å². The van der Waals surface area contributed by atoms with Crippen LogP contribution < -0.4 is 10.2 Å². The highest BCUT2D eigenvalue weighted by Crippen LogP contribution is 2.30. The van der Waals surface area contributed by atoms with Crippen molar-refractivity contribution < 1.29 is 0 Å². The first kappa shape index (κ1) is 20.2. The van der Waals surface area contributed by atoms with Gasteiger partial charge in [-0.15, -0.1) is 11.3 Å². The van der Waals surface area contributed by atoms with Gasteiger partial charge in [-0.25, -0.2) is 9.97 Å². The molecule has 0 fully saturated rings. The van der Waals surface area contributed by atoms with Crippen molar-refractivity contribution in [1.82, 2.24) is 14.5 Å². The summed E-state index contributed by atoms with van der Waals surface area (Å²) in [5, 5.41) is 6.51. The van der Waals surface area contributed by atoms with E-state index in [2.05, 4.69) is 83.9 Å². The van der Waals surface area contributed by atoms with Crippen molar-refractivity contribution in [3.63, 3.8) is 0 Å². The highest BCUT2D eigenvalue weighted by molar-refractivity contribution is 7.14. The highest BCUT2D eigenvalue weighted by Gasteiger charge is 2.09. The van der Waals surface area contributed by atoms with Gasteiger partial charge in [0.2, 0.25) is 0 Å². The summed E-state index contributed by atoms with van der Waals surface area (Å²) < 4.78 is 2.03. The standard InChI is InChI=1S/C24H27N5S/c1-5-12-28(4)21-9-6-17(2)22(13-21)26-24-27-23(15-30-24)19-7-10-20(11-8-19)29-14-18(3)25-16-29/h6-11,13-16H,5,12H2,1-4H3,(H,26,27). The third-order valence-corrected chi connectivity index (χ3v) is 5.90. The number of anilines is 3. The molecule has 154 valence electrons. The first-order valence-corrected chi connectivity index (χ1v) is 11.1. The number of thiazole rings is 1. The monoisotopic (exact) mass is 417 g/mol. The van der Waals surface area contributed by atoms with Crippen LogP contribution in [0.4, 0.5) is 16.5 Å². The maximum Gasteiger partial charge on any atom is 0.187 e. The lowest BCUT2D eigenvalue weighted by Crippen LogP contribution is -2.17. The van der Waals surface area contributed by atoms with Gasteiger partial charge in [0.15, 0.2) is 5.13 Å². The van der Waals surface area contributed by atoms with Gasteiger partial charge in [-0.3, -0.25) is 0 Å². The van der Waals surface area contributed by atoms with Crippen molar-refractivity contribution in [1.29, 1.82) is 0 Å². The third-order valence-electron chi connectivity index (χ3n) is 5.14. The number of benzene rings is 2. The minimum atomic E-state index is 0.901. The summed E-state index contributed by atoms with van der Waals surface area (Å²) in [4.78, 5) is 11.4. The summed E-state index contributed by atoms with van der Waals surface area (Å²) in [7, 11) is 2.13. The first-order valence-electron chi connectivity index (χ1n) is 10.2. The van der Waals surface area contributed by atoms with E-state index in [0.29, 0.717) is 0 Å². The molecule has 0 saturated carbocycles. The Labute approximate surface area is 182 Å². The topological polar surface area (TPSA) is 46.0 Å². The Hall–Kier alpha value is -3.12.